The Balaban J connectivity index is 2.05. The van der Waals surface area contributed by atoms with Crippen molar-refractivity contribution in [1.82, 2.24) is 4.98 Å². The maximum absolute atomic E-state index is 8.75. The molecule has 2 rings (SSSR count). The van der Waals surface area contributed by atoms with Crippen molar-refractivity contribution in [3.8, 4) is 6.07 Å². The fraction of sp³-hybridized carbons (Fsp3) is 0.0769. The van der Waals surface area contributed by atoms with Gasteiger partial charge < -0.3 is 0 Å². The first-order valence-electron chi connectivity index (χ1n) is 5.01. The molecule has 0 aliphatic heterocycles. The predicted molar refractivity (Wildman–Crippen MR) is 70.0 cm³/mol. The largest absolute Gasteiger partial charge is 0.246 e. The summed E-state index contributed by atoms with van der Waals surface area (Å²) in [5.74, 6) is 0.803. The lowest BCUT2D eigenvalue weighted by Gasteiger charge is -2.02. The van der Waals surface area contributed by atoms with E-state index in [2.05, 4.69) is 4.98 Å². The summed E-state index contributed by atoms with van der Waals surface area (Å²) in [6, 6.07) is 13.5. The first-order valence-corrected chi connectivity index (χ1v) is 6.38. The average molecular weight is 261 g/mol. The highest BCUT2D eigenvalue weighted by Gasteiger charge is 1.99. The van der Waals surface area contributed by atoms with Crippen molar-refractivity contribution in [1.29, 1.82) is 5.26 Å². The van der Waals surface area contributed by atoms with Crippen LogP contribution in [0.15, 0.2) is 47.5 Å². The van der Waals surface area contributed by atoms with Crippen LogP contribution < -0.4 is 0 Å². The van der Waals surface area contributed by atoms with Gasteiger partial charge in [-0.15, -0.1) is 11.8 Å². The molecule has 0 fully saturated rings. The zero-order chi connectivity index (χ0) is 12.1. The van der Waals surface area contributed by atoms with Crippen LogP contribution >= 0.6 is 23.4 Å². The number of nitriles is 1. The number of aromatic nitrogens is 1. The van der Waals surface area contributed by atoms with E-state index < -0.39 is 0 Å². The second-order valence-electron chi connectivity index (χ2n) is 3.41. The van der Waals surface area contributed by atoms with Crippen LogP contribution in [0.5, 0.6) is 0 Å². The van der Waals surface area contributed by atoms with Crippen molar-refractivity contribution in [2.45, 2.75) is 10.6 Å². The lowest BCUT2D eigenvalue weighted by Crippen LogP contribution is -1.86. The first-order chi connectivity index (χ1) is 8.28. The molecule has 84 valence electrons. The van der Waals surface area contributed by atoms with Gasteiger partial charge in [0.2, 0.25) is 0 Å². The molecule has 0 unspecified atom stereocenters. The third kappa shape index (κ3) is 3.48. The number of halogens is 1. The molecule has 1 aromatic carbocycles. The molecule has 0 aliphatic carbocycles. The number of rotatable bonds is 3. The Morgan fingerprint density at radius 1 is 1.29 bits per heavy atom. The van der Waals surface area contributed by atoms with Crippen LogP contribution in [0, 0.1) is 11.3 Å². The fourth-order valence-corrected chi connectivity index (χ4v) is 2.50. The number of pyridine rings is 1. The van der Waals surface area contributed by atoms with Gasteiger partial charge in [0, 0.05) is 21.9 Å². The van der Waals surface area contributed by atoms with Gasteiger partial charge in [0.15, 0.2) is 0 Å². The summed E-state index contributed by atoms with van der Waals surface area (Å²) >= 11 is 7.59. The van der Waals surface area contributed by atoms with Crippen molar-refractivity contribution in [2.24, 2.45) is 0 Å². The SMILES string of the molecule is N#Cc1cc(CSc2cccc(Cl)c2)ccn1. The van der Waals surface area contributed by atoms with E-state index in [1.165, 1.54) is 0 Å². The molecule has 17 heavy (non-hydrogen) atoms. The lowest BCUT2D eigenvalue weighted by molar-refractivity contribution is 1.22. The van der Waals surface area contributed by atoms with Gasteiger partial charge in [-0.25, -0.2) is 4.98 Å². The molecule has 2 aromatic rings. The summed E-state index contributed by atoms with van der Waals surface area (Å²) in [4.78, 5) is 5.05. The summed E-state index contributed by atoms with van der Waals surface area (Å²) in [5.41, 5.74) is 1.54. The van der Waals surface area contributed by atoms with Crippen molar-refractivity contribution in [2.75, 3.05) is 0 Å². The summed E-state index contributed by atoms with van der Waals surface area (Å²) < 4.78 is 0. The lowest BCUT2D eigenvalue weighted by atomic mass is 10.2. The van der Waals surface area contributed by atoms with Gasteiger partial charge >= 0.3 is 0 Å². The van der Waals surface area contributed by atoms with Crippen molar-refractivity contribution < 1.29 is 0 Å². The van der Waals surface area contributed by atoms with E-state index in [-0.39, 0.29) is 0 Å². The first kappa shape index (κ1) is 12.0. The second kappa shape index (κ2) is 5.72. The van der Waals surface area contributed by atoms with Gasteiger partial charge in [-0.1, -0.05) is 17.7 Å². The molecule has 0 bridgehead atoms. The number of hydrogen-bond donors (Lipinski definition) is 0. The predicted octanol–water partition coefficient (Wildman–Crippen LogP) is 3.90. The van der Waals surface area contributed by atoms with Gasteiger partial charge in [0.25, 0.3) is 0 Å². The van der Waals surface area contributed by atoms with Crippen LogP contribution in [0.3, 0.4) is 0 Å². The average Bonchev–Trinajstić information content (AvgIpc) is 2.37. The summed E-state index contributed by atoms with van der Waals surface area (Å²) in [6.45, 7) is 0. The second-order valence-corrected chi connectivity index (χ2v) is 4.89. The highest BCUT2D eigenvalue weighted by molar-refractivity contribution is 7.98. The Bertz CT molecular complexity index is 563. The number of benzene rings is 1. The molecule has 2 nitrogen and oxygen atoms in total. The van der Waals surface area contributed by atoms with Crippen LogP contribution in [0.1, 0.15) is 11.3 Å². The molecular formula is C13H9ClN2S. The number of nitrogens with zero attached hydrogens (tertiary/aromatic N) is 2. The van der Waals surface area contributed by atoms with E-state index in [4.69, 9.17) is 16.9 Å². The minimum Gasteiger partial charge on any atom is -0.246 e. The fourth-order valence-electron chi connectivity index (χ4n) is 1.35. The van der Waals surface area contributed by atoms with Gasteiger partial charge in [0.1, 0.15) is 11.8 Å². The standard InChI is InChI=1S/C13H9ClN2S/c14-11-2-1-3-13(7-11)17-9-10-4-5-16-12(6-10)8-15/h1-7H,9H2. The third-order valence-corrected chi connectivity index (χ3v) is 3.44. The van der Waals surface area contributed by atoms with Gasteiger partial charge in [0.05, 0.1) is 0 Å². The van der Waals surface area contributed by atoms with Crippen LogP contribution in [0.4, 0.5) is 0 Å². The summed E-state index contributed by atoms with van der Waals surface area (Å²) in [5, 5.41) is 9.49. The quantitative estimate of drug-likeness (QED) is 0.786. The van der Waals surface area contributed by atoms with Crippen LogP contribution in [0.2, 0.25) is 5.02 Å². The molecule has 0 radical (unpaired) electrons. The van der Waals surface area contributed by atoms with Crippen LogP contribution in [0.25, 0.3) is 0 Å². The van der Waals surface area contributed by atoms with E-state index >= 15 is 0 Å². The minimum atomic E-state index is 0.453. The maximum atomic E-state index is 8.75. The Hall–Kier alpha value is -1.50. The smallest absolute Gasteiger partial charge is 0.140 e. The number of hydrogen-bond acceptors (Lipinski definition) is 3. The molecule has 0 saturated carbocycles. The topological polar surface area (TPSA) is 36.7 Å². The summed E-state index contributed by atoms with van der Waals surface area (Å²) in [7, 11) is 0. The Kier molecular flexibility index (Phi) is 4.03. The Labute approximate surface area is 109 Å². The van der Waals surface area contributed by atoms with Gasteiger partial charge in [-0.2, -0.15) is 5.26 Å². The molecule has 0 saturated heterocycles. The van der Waals surface area contributed by atoms with Crippen molar-refractivity contribution in [3.63, 3.8) is 0 Å². The van der Waals surface area contributed by atoms with Gasteiger partial charge in [-0.3, -0.25) is 0 Å². The van der Waals surface area contributed by atoms with Crippen LogP contribution in [-0.4, -0.2) is 4.98 Å². The van der Waals surface area contributed by atoms with E-state index in [1.807, 2.05) is 36.4 Å². The Morgan fingerprint density at radius 2 is 2.18 bits per heavy atom. The van der Waals surface area contributed by atoms with Crippen LogP contribution in [-0.2, 0) is 5.75 Å². The van der Waals surface area contributed by atoms with E-state index in [1.54, 1.807) is 24.0 Å². The molecule has 0 N–H and O–H groups in total. The van der Waals surface area contributed by atoms with Gasteiger partial charge in [-0.05, 0) is 35.9 Å². The molecule has 0 spiro atoms. The molecule has 1 aromatic heterocycles. The normalized spacial score (nSPS) is 9.88. The minimum absolute atomic E-state index is 0.453. The zero-order valence-corrected chi connectivity index (χ0v) is 10.5. The maximum Gasteiger partial charge on any atom is 0.140 e. The highest BCUT2D eigenvalue weighted by Crippen LogP contribution is 2.25. The van der Waals surface area contributed by atoms with E-state index in [0.717, 1.165) is 21.2 Å². The number of thioether (sulfide) groups is 1. The zero-order valence-electron chi connectivity index (χ0n) is 8.93. The Morgan fingerprint density at radius 3 is 2.94 bits per heavy atom. The third-order valence-electron chi connectivity index (χ3n) is 2.14. The monoisotopic (exact) mass is 260 g/mol. The highest BCUT2D eigenvalue weighted by atomic mass is 35.5. The molecule has 0 aliphatic rings. The van der Waals surface area contributed by atoms with Crippen molar-refractivity contribution >= 4 is 23.4 Å². The summed E-state index contributed by atoms with van der Waals surface area (Å²) in [6.07, 6.45) is 1.66. The molecule has 0 amide bonds. The van der Waals surface area contributed by atoms with E-state index in [9.17, 15) is 0 Å². The molecule has 1 heterocycles. The van der Waals surface area contributed by atoms with E-state index in [0.29, 0.717) is 5.69 Å². The molecular weight excluding hydrogens is 252 g/mol. The van der Waals surface area contributed by atoms with Crippen molar-refractivity contribution in [3.05, 3.63) is 58.9 Å². The molecule has 0 atom stereocenters. The molecule has 4 heteroatoms.